The third-order valence-electron chi connectivity index (χ3n) is 3.54. The van der Waals surface area contributed by atoms with Gasteiger partial charge in [0.25, 0.3) is 0 Å². The normalized spacial score (nSPS) is 17.3. The zero-order valence-corrected chi connectivity index (χ0v) is 10.9. The Bertz CT molecular complexity index is 329. The fourth-order valence-corrected chi connectivity index (χ4v) is 2.48. The zero-order valence-electron chi connectivity index (χ0n) is 10.9. The summed E-state index contributed by atoms with van der Waals surface area (Å²) in [6.45, 7) is 9.67. The number of piperidine rings is 1. The van der Waals surface area contributed by atoms with Crippen molar-refractivity contribution in [2.45, 2.75) is 33.2 Å². The summed E-state index contributed by atoms with van der Waals surface area (Å²) in [6.07, 6.45) is 4.45. The third-order valence-corrected chi connectivity index (χ3v) is 3.54. The number of rotatable bonds is 5. The molecule has 0 saturated carbocycles. The van der Waals surface area contributed by atoms with Gasteiger partial charge in [0.05, 0.1) is 6.20 Å². The molecule has 1 N–H and O–H groups in total. The number of aryl methyl sites for hydroxylation is 1. The molecule has 5 nitrogen and oxygen atoms in total. The zero-order chi connectivity index (χ0) is 12.1. The summed E-state index contributed by atoms with van der Waals surface area (Å²) in [5, 5.41) is 11.5. The molecule has 5 heteroatoms. The van der Waals surface area contributed by atoms with Crippen molar-refractivity contribution >= 4 is 5.82 Å². The van der Waals surface area contributed by atoms with Gasteiger partial charge in [0.2, 0.25) is 0 Å². The first kappa shape index (κ1) is 12.4. The van der Waals surface area contributed by atoms with Crippen LogP contribution in [-0.4, -0.2) is 41.2 Å². The largest absolute Gasteiger partial charge is 0.355 e. The van der Waals surface area contributed by atoms with E-state index in [1.54, 1.807) is 0 Å². The van der Waals surface area contributed by atoms with Gasteiger partial charge < -0.3 is 10.2 Å². The molecule has 2 rings (SSSR count). The third kappa shape index (κ3) is 2.97. The molecule has 0 aliphatic carbocycles. The minimum Gasteiger partial charge on any atom is -0.355 e. The van der Waals surface area contributed by atoms with E-state index in [-0.39, 0.29) is 0 Å². The standard InChI is InChI=1S/C12H23N5/c1-3-16(10-11-5-7-13-8-6-11)12-9-14-15-17(12)4-2/h9,11,13H,3-8,10H2,1-2H3. The molecule has 2 heterocycles. The Kier molecular flexibility index (Phi) is 4.36. The molecule has 17 heavy (non-hydrogen) atoms. The summed E-state index contributed by atoms with van der Waals surface area (Å²) < 4.78 is 1.98. The Morgan fingerprint density at radius 3 is 2.82 bits per heavy atom. The lowest BCUT2D eigenvalue weighted by atomic mass is 9.97. The second kappa shape index (κ2) is 6.00. The first-order valence-electron chi connectivity index (χ1n) is 6.69. The van der Waals surface area contributed by atoms with E-state index in [0.717, 1.165) is 44.5 Å². The predicted molar refractivity (Wildman–Crippen MR) is 69.2 cm³/mol. The molecule has 96 valence electrons. The van der Waals surface area contributed by atoms with Gasteiger partial charge in [-0.3, -0.25) is 0 Å². The molecule has 1 aliphatic rings. The maximum absolute atomic E-state index is 4.11. The van der Waals surface area contributed by atoms with E-state index < -0.39 is 0 Å². The number of nitrogens with one attached hydrogen (secondary N) is 1. The molecule has 0 atom stereocenters. The number of aromatic nitrogens is 3. The maximum atomic E-state index is 4.11. The summed E-state index contributed by atoms with van der Waals surface area (Å²) in [5.41, 5.74) is 0. The number of nitrogens with zero attached hydrogens (tertiary/aromatic N) is 4. The number of hydrogen-bond donors (Lipinski definition) is 1. The topological polar surface area (TPSA) is 46.0 Å². The average molecular weight is 237 g/mol. The first-order chi connectivity index (χ1) is 8.35. The lowest BCUT2D eigenvalue weighted by Crippen LogP contribution is -2.37. The van der Waals surface area contributed by atoms with Crippen molar-refractivity contribution in [1.29, 1.82) is 0 Å². The summed E-state index contributed by atoms with van der Waals surface area (Å²) >= 11 is 0. The van der Waals surface area contributed by atoms with Crippen LogP contribution >= 0.6 is 0 Å². The molecule has 0 amide bonds. The monoisotopic (exact) mass is 237 g/mol. The highest BCUT2D eigenvalue weighted by Crippen LogP contribution is 2.18. The molecule has 1 saturated heterocycles. The van der Waals surface area contributed by atoms with Crippen LogP contribution in [-0.2, 0) is 6.54 Å². The highest BCUT2D eigenvalue weighted by atomic mass is 15.5. The van der Waals surface area contributed by atoms with E-state index in [2.05, 4.69) is 34.4 Å². The maximum Gasteiger partial charge on any atom is 0.147 e. The molecule has 0 spiro atoms. The SMILES string of the molecule is CCN(CC1CCNCC1)c1cnnn1CC. The molecule has 0 unspecified atom stereocenters. The van der Waals surface area contributed by atoms with Gasteiger partial charge in [-0.05, 0) is 45.7 Å². The van der Waals surface area contributed by atoms with Crippen molar-refractivity contribution in [2.75, 3.05) is 31.1 Å². The molecule has 0 aromatic carbocycles. The Labute approximate surface area is 103 Å². The van der Waals surface area contributed by atoms with E-state index in [0.29, 0.717) is 0 Å². The highest BCUT2D eigenvalue weighted by Gasteiger charge is 2.18. The van der Waals surface area contributed by atoms with Gasteiger partial charge in [0, 0.05) is 19.6 Å². The van der Waals surface area contributed by atoms with E-state index in [1.807, 2.05) is 10.9 Å². The fourth-order valence-electron chi connectivity index (χ4n) is 2.48. The molecule has 1 aliphatic heterocycles. The smallest absolute Gasteiger partial charge is 0.147 e. The summed E-state index contributed by atoms with van der Waals surface area (Å²) in [5.74, 6) is 1.96. The second-order valence-corrected chi connectivity index (χ2v) is 4.64. The fraction of sp³-hybridized carbons (Fsp3) is 0.833. The van der Waals surface area contributed by atoms with Gasteiger partial charge in [-0.2, -0.15) is 0 Å². The van der Waals surface area contributed by atoms with Gasteiger partial charge in [-0.25, -0.2) is 4.68 Å². The average Bonchev–Trinajstić information content (AvgIpc) is 2.85. The molecule has 1 aromatic heterocycles. The van der Waals surface area contributed by atoms with Crippen LogP contribution in [0, 0.1) is 5.92 Å². The van der Waals surface area contributed by atoms with Crippen LogP contribution < -0.4 is 10.2 Å². The van der Waals surface area contributed by atoms with E-state index in [9.17, 15) is 0 Å². The van der Waals surface area contributed by atoms with Crippen LogP contribution in [0.2, 0.25) is 0 Å². The Balaban J connectivity index is 2.00. The first-order valence-corrected chi connectivity index (χ1v) is 6.69. The molecule has 0 bridgehead atoms. The number of hydrogen-bond acceptors (Lipinski definition) is 4. The lowest BCUT2D eigenvalue weighted by molar-refractivity contribution is 0.372. The Morgan fingerprint density at radius 2 is 2.18 bits per heavy atom. The Morgan fingerprint density at radius 1 is 1.41 bits per heavy atom. The van der Waals surface area contributed by atoms with Crippen LogP contribution in [0.1, 0.15) is 26.7 Å². The highest BCUT2D eigenvalue weighted by molar-refractivity contribution is 5.35. The second-order valence-electron chi connectivity index (χ2n) is 4.64. The Hall–Kier alpha value is -1.10. The van der Waals surface area contributed by atoms with Crippen LogP contribution in [0.5, 0.6) is 0 Å². The quantitative estimate of drug-likeness (QED) is 0.833. The van der Waals surface area contributed by atoms with Crippen LogP contribution in [0.4, 0.5) is 5.82 Å². The number of anilines is 1. The van der Waals surface area contributed by atoms with Crippen molar-refractivity contribution < 1.29 is 0 Å². The van der Waals surface area contributed by atoms with Crippen LogP contribution in [0.25, 0.3) is 0 Å². The van der Waals surface area contributed by atoms with Gasteiger partial charge in [0.15, 0.2) is 0 Å². The van der Waals surface area contributed by atoms with Gasteiger partial charge in [-0.1, -0.05) is 5.21 Å². The van der Waals surface area contributed by atoms with Crippen molar-refractivity contribution in [3.05, 3.63) is 6.20 Å². The van der Waals surface area contributed by atoms with Crippen molar-refractivity contribution in [3.8, 4) is 0 Å². The van der Waals surface area contributed by atoms with Crippen LogP contribution in [0.3, 0.4) is 0 Å². The molecular formula is C12H23N5. The van der Waals surface area contributed by atoms with Gasteiger partial charge >= 0.3 is 0 Å². The van der Waals surface area contributed by atoms with Gasteiger partial charge in [0.1, 0.15) is 5.82 Å². The predicted octanol–water partition coefficient (Wildman–Crippen LogP) is 1.12. The minimum absolute atomic E-state index is 0.802. The molecule has 0 radical (unpaired) electrons. The van der Waals surface area contributed by atoms with Crippen LogP contribution in [0.15, 0.2) is 6.20 Å². The minimum atomic E-state index is 0.802. The summed E-state index contributed by atoms with van der Waals surface area (Å²) in [4.78, 5) is 2.40. The van der Waals surface area contributed by atoms with Crippen molar-refractivity contribution in [2.24, 2.45) is 5.92 Å². The summed E-state index contributed by atoms with van der Waals surface area (Å²) in [6, 6.07) is 0. The summed E-state index contributed by atoms with van der Waals surface area (Å²) in [7, 11) is 0. The van der Waals surface area contributed by atoms with E-state index in [1.165, 1.54) is 12.8 Å². The van der Waals surface area contributed by atoms with Gasteiger partial charge in [-0.15, -0.1) is 5.10 Å². The lowest BCUT2D eigenvalue weighted by Gasteiger charge is -2.30. The van der Waals surface area contributed by atoms with E-state index in [4.69, 9.17) is 0 Å². The van der Waals surface area contributed by atoms with Crippen molar-refractivity contribution in [1.82, 2.24) is 20.3 Å². The van der Waals surface area contributed by atoms with Crippen molar-refractivity contribution in [3.63, 3.8) is 0 Å². The molecule has 1 fully saturated rings. The molecule has 1 aromatic rings. The molecular weight excluding hydrogens is 214 g/mol. The van der Waals surface area contributed by atoms with E-state index >= 15 is 0 Å².